The molecule has 0 aliphatic heterocycles. The number of halogens is 2. The number of carbonyl (C=O) groups excluding carboxylic acids is 1. The summed E-state index contributed by atoms with van der Waals surface area (Å²) in [5, 5.41) is 6.54. The highest BCUT2D eigenvalue weighted by Gasteiger charge is 2.11. The van der Waals surface area contributed by atoms with Crippen LogP contribution in [0.2, 0.25) is 10.0 Å². The Balaban J connectivity index is 1.91. The fourth-order valence-electron chi connectivity index (χ4n) is 1.67. The zero-order valence-electron chi connectivity index (χ0n) is 10.9. The summed E-state index contributed by atoms with van der Waals surface area (Å²) in [6, 6.07) is 14.4. The molecular formula is C15H12Cl2N2OS. The van der Waals surface area contributed by atoms with Crippen LogP contribution in [0.4, 0.5) is 0 Å². The fraction of sp³-hybridized carbons (Fsp3) is 0.0667. The fourth-order valence-corrected chi connectivity index (χ4v) is 2.33. The van der Waals surface area contributed by atoms with Gasteiger partial charge in [0.15, 0.2) is 5.11 Å². The van der Waals surface area contributed by atoms with E-state index in [-0.39, 0.29) is 16.0 Å². The molecule has 0 saturated carbocycles. The van der Waals surface area contributed by atoms with Crippen LogP contribution in [0.1, 0.15) is 15.9 Å². The second kappa shape index (κ2) is 7.41. The molecule has 0 fully saturated rings. The predicted molar refractivity (Wildman–Crippen MR) is 89.8 cm³/mol. The summed E-state index contributed by atoms with van der Waals surface area (Å²) in [6.07, 6.45) is 0. The second-order valence-corrected chi connectivity index (χ2v) is 5.50. The predicted octanol–water partition coefficient (Wildman–Crippen LogP) is 3.80. The Morgan fingerprint density at radius 3 is 2.48 bits per heavy atom. The van der Waals surface area contributed by atoms with Crippen LogP contribution in [0.25, 0.3) is 0 Å². The zero-order chi connectivity index (χ0) is 15.2. The van der Waals surface area contributed by atoms with Crippen LogP contribution < -0.4 is 10.6 Å². The van der Waals surface area contributed by atoms with E-state index in [0.29, 0.717) is 17.1 Å². The molecule has 2 N–H and O–H groups in total. The molecule has 0 bridgehead atoms. The van der Waals surface area contributed by atoms with Crippen LogP contribution in [-0.4, -0.2) is 11.0 Å². The van der Waals surface area contributed by atoms with E-state index >= 15 is 0 Å². The molecule has 108 valence electrons. The lowest BCUT2D eigenvalue weighted by atomic mass is 10.2. The zero-order valence-corrected chi connectivity index (χ0v) is 13.2. The smallest absolute Gasteiger partial charge is 0.258 e. The molecule has 0 atom stereocenters. The summed E-state index contributed by atoms with van der Waals surface area (Å²) in [6.45, 7) is 0.536. The highest BCUT2D eigenvalue weighted by atomic mass is 35.5. The molecule has 6 heteroatoms. The highest BCUT2D eigenvalue weighted by Crippen LogP contribution is 2.20. The van der Waals surface area contributed by atoms with Crippen molar-refractivity contribution in [3.8, 4) is 0 Å². The van der Waals surface area contributed by atoms with Crippen molar-refractivity contribution in [1.29, 1.82) is 0 Å². The van der Waals surface area contributed by atoms with E-state index in [0.717, 1.165) is 5.56 Å². The van der Waals surface area contributed by atoms with Crippen molar-refractivity contribution in [2.75, 3.05) is 0 Å². The van der Waals surface area contributed by atoms with Gasteiger partial charge in [0.05, 0.1) is 10.6 Å². The minimum atomic E-state index is -0.373. The molecule has 2 aromatic rings. The van der Waals surface area contributed by atoms with Crippen LogP contribution in [-0.2, 0) is 6.54 Å². The van der Waals surface area contributed by atoms with E-state index in [2.05, 4.69) is 10.6 Å². The Kier molecular flexibility index (Phi) is 5.56. The van der Waals surface area contributed by atoms with Crippen molar-refractivity contribution in [3.05, 3.63) is 69.7 Å². The lowest BCUT2D eigenvalue weighted by Crippen LogP contribution is -2.38. The third-order valence-electron chi connectivity index (χ3n) is 2.70. The van der Waals surface area contributed by atoms with Crippen molar-refractivity contribution < 1.29 is 4.79 Å². The molecule has 0 saturated heterocycles. The SMILES string of the molecule is O=C(NC(=S)NCc1ccccc1)c1ccc(Cl)cc1Cl. The number of thiocarbonyl (C=S) groups is 1. The molecule has 0 radical (unpaired) electrons. The third kappa shape index (κ3) is 4.70. The molecule has 0 heterocycles. The number of carbonyl (C=O) groups is 1. The molecule has 1 amide bonds. The van der Waals surface area contributed by atoms with Crippen molar-refractivity contribution in [2.24, 2.45) is 0 Å². The maximum atomic E-state index is 12.0. The van der Waals surface area contributed by atoms with Crippen LogP contribution in [0, 0.1) is 0 Å². The van der Waals surface area contributed by atoms with Gasteiger partial charge in [-0.05, 0) is 36.0 Å². The van der Waals surface area contributed by atoms with Crippen molar-refractivity contribution in [2.45, 2.75) is 6.54 Å². The van der Waals surface area contributed by atoms with Gasteiger partial charge in [-0.2, -0.15) is 0 Å². The number of rotatable bonds is 3. The number of hydrogen-bond donors (Lipinski definition) is 2. The molecule has 0 spiro atoms. The van der Waals surface area contributed by atoms with Crippen LogP contribution in [0.15, 0.2) is 48.5 Å². The van der Waals surface area contributed by atoms with Gasteiger partial charge in [0.1, 0.15) is 0 Å². The molecule has 0 aromatic heterocycles. The van der Waals surface area contributed by atoms with Crippen LogP contribution >= 0.6 is 35.4 Å². The molecule has 0 aliphatic rings. The quantitative estimate of drug-likeness (QED) is 0.836. The Labute approximate surface area is 138 Å². The average Bonchev–Trinajstić information content (AvgIpc) is 2.46. The van der Waals surface area contributed by atoms with E-state index in [4.69, 9.17) is 35.4 Å². The first kappa shape index (κ1) is 15.8. The summed E-state index contributed by atoms with van der Waals surface area (Å²) in [4.78, 5) is 12.0. The van der Waals surface area contributed by atoms with Gasteiger partial charge in [0.2, 0.25) is 0 Å². The van der Waals surface area contributed by atoms with Gasteiger partial charge >= 0.3 is 0 Å². The molecular weight excluding hydrogens is 327 g/mol. The summed E-state index contributed by atoms with van der Waals surface area (Å²) < 4.78 is 0. The number of nitrogens with one attached hydrogen (secondary N) is 2. The second-order valence-electron chi connectivity index (χ2n) is 4.25. The van der Waals surface area contributed by atoms with Gasteiger partial charge in [0, 0.05) is 11.6 Å². The van der Waals surface area contributed by atoms with Crippen molar-refractivity contribution in [1.82, 2.24) is 10.6 Å². The summed E-state index contributed by atoms with van der Waals surface area (Å²) in [5.74, 6) is -0.373. The number of benzene rings is 2. The summed E-state index contributed by atoms with van der Waals surface area (Å²) >= 11 is 16.8. The molecule has 0 aliphatic carbocycles. The lowest BCUT2D eigenvalue weighted by molar-refractivity contribution is 0.0977. The number of hydrogen-bond acceptors (Lipinski definition) is 2. The first-order valence-electron chi connectivity index (χ1n) is 6.14. The van der Waals surface area contributed by atoms with E-state index < -0.39 is 0 Å². The van der Waals surface area contributed by atoms with Gasteiger partial charge in [-0.3, -0.25) is 10.1 Å². The molecule has 21 heavy (non-hydrogen) atoms. The minimum Gasteiger partial charge on any atom is -0.358 e. The first-order chi connectivity index (χ1) is 10.1. The Hall–Kier alpha value is -1.62. The summed E-state index contributed by atoms with van der Waals surface area (Å²) in [7, 11) is 0. The normalized spacial score (nSPS) is 10.0. The minimum absolute atomic E-state index is 0.245. The number of amides is 1. The average molecular weight is 339 g/mol. The van der Waals surface area contributed by atoms with Gasteiger partial charge in [-0.15, -0.1) is 0 Å². The standard InChI is InChI=1S/C15H12Cl2N2OS/c16-11-6-7-12(13(17)8-11)14(20)19-15(21)18-9-10-4-2-1-3-5-10/h1-8H,9H2,(H2,18,19,20,21). The van der Waals surface area contributed by atoms with Crippen molar-refractivity contribution >= 4 is 46.4 Å². The van der Waals surface area contributed by atoms with Gasteiger partial charge in [0.25, 0.3) is 5.91 Å². The molecule has 0 unspecified atom stereocenters. The molecule has 2 aromatic carbocycles. The van der Waals surface area contributed by atoms with Gasteiger partial charge in [-0.25, -0.2) is 0 Å². The first-order valence-corrected chi connectivity index (χ1v) is 7.31. The highest BCUT2D eigenvalue weighted by molar-refractivity contribution is 7.80. The van der Waals surface area contributed by atoms with E-state index in [1.807, 2.05) is 30.3 Å². The summed E-state index contributed by atoms with van der Waals surface area (Å²) in [5.41, 5.74) is 1.39. The van der Waals surface area contributed by atoms with E-state index in [9.17, 15) is 4.79 Å². The topological polar surface area (TPSA) is 41.1 Å². The maximum Gasteiger partial charge on any atom is 0.258 e. The Morgan fingerprint density at radius 1 is 1.10 bits per heavy atom. The third-order valence-corrected chi connectivity index (χ3v) is 3.49. The molecule has 3 nitrogen and oxygen atoms in total. The van der Waals surface area contributed by atoms with Gasteiger partial charge in [-0.1, -0.05) is 53.5 Å². The van der Waals surface area contributed by atoms with E-state index in [1.54, 1.807) is 12.1 Å². The van der Waals surface area contributed by atoms with Crippen LogP contribution in [0.3, 0.4) is 0 Å². The largest absolute Gasteiger partial charge is 0.358 e. The van der Waals surface area contributed by atoms with Crippen molar-refractivity contribution in [3.63, 3.8) is 0 Å². The maximum absolute atomic E-state index is 12.0. The monoisotopic (exact) mass is 338 g/mol. The van der Waals surface area contributed by atoms with Crippen LogP contribution in [0.5, 0.6) is 0 Å². The van der Waals surface area contributed by atoms with E-state index in [1.165, 1.54) is 6.07 Å². The van der Waals surface area contributed by atoms with Gasteiger partial charge < -0.3 is 5.32 Å². The lowest BCUT2D eigenvalue weighted by Gasteiger charge is -2.10. The Bertz CT molecular complexity index is 662. The molecule has 2 rings (SSSR count). The Morgan fingerprint density at radius 2 is 1.81 bits per heavy atom.